The first-order valence-electron chi connectivity index (χ1n) is 9.16. The zero-order valence-corrected chi connectivity index (χ0v) is 15.9. The van der Waals surface area contributed by atoms with E-state index in [0.29, 0.717) is 15.9 Å². The van der Waals surface area contributed by atoms with Crippen LogP contribution in [0.15, 0.2) is 51.4 Å². The summed E-state index contributed by atoms with van der Waals surface area (Å²) in [5.41, 5.74) is 0.219. The minimum Gasteiger partial charge on any atom is -0.338 e. The maximum absolute atomic E-state index is 13.2. The number of carbonyl (C=O) groups excluding carboxylic acids is 1. The molecule has 3 aromatic rings. The second-order valence-electron chi connectivity index (χ2n) is 6.91. The van der Waals surface area contributed by atoms with Gasteiger partial charge in [-0.15, -0.1) is 11.3 Å². The Hall–Kier alpha value is -2.67. The predicted molar refractivity (Wildman–Crippen MR) is 107 cm³/mol. The van der Waals surface area contributed by atoms with Gasteiger partial charge in [-0.1, -0.05) is 18.2 Å². The van der Waals surface area contributed by atoms with Crippen molar-refractivity contribution >= 4 is 27.5 Å². The molecule has 0 saturated carbocycles. The maximum Gasteiger partial charge on any atom is 0.336 e. The van der Waals surface area contributed by atoms with Crippen molar-refractivity contribution < 1.29 is 4.79 Å². The van der Waals surface area contributed by atoms with Crippen LogP contribution in [0.5, 0.6) is 0 Å². The number of hydrogen-bond donors (Lipinski definition) is 0. The standard InChI is InChI=1S/C20H21N3O3S/c1-14-7-5-6-11-21(14)17(24)13-22-16-10-12-27-18(16)19(25)23(20(22)26)15-8-3-2-4-9-15/h2-4,8-10,12,14H,5-7,11,13H2,1H3/t14-/m0/s1. The van der Waals surface area contributed by atoms with Crippen LogP contribution in [-0.4, -0.2) is 32.5 Å². The van der Waals surface area contributed by atoms with Crippen molar-refractivity contribution in [1.29, 1.82) is 0 Å². The molecule has 0 spiro atoms. The average molecular weight is 383 g/mol. The van der Waals surface area contributed by atoms with Gasteiger partial charge in [0.15, 0.2) is 0 Å². The second-order valence-corrected chi connectivity index (χ2v) is 7.83. The highest BCUT2D eigenvalue weighted by atomic mass is 32.1. The van der Waals surface area contributed by atoms with Crippen molar-refractivity contribution in [3.63, 3.8) is 0 Å². The minimum absolute atomic E-state index is 0.0521. The van der Waals surface area contributed by atoms with Crippen LogP contribution in [0.25, 0.3) is 15.9 Å². The van der Waals surface area contributed by atoms with Crippen LogP contribution in [0, 0.1) is 0 Å². The van der Waals surface area contributed by atoms with Crippen LogP contribution in [0.2, 0.25) is 0 Å². The molecule has 1 aliphatic rings. The highest BCUT2D eigenvalue weighted by Crippen LogP contribution is 2.19. The Morgan fingerprint density at radius 3 is 2.67 bits per heavy atom. The average Bonchev–Trinajstić information content (AvgIpc) is 3.16. The molecule has 0 aliphatic carbocycles. The van der Waals surface area contributed by atoms with E-state index in [2.05, 4.69) is 0 Å². The first kappa shape index (κ1) is 17.7. The van der Waals surface area contributed by atoms with Crippen LogP contribution >= 0.6 is 11.3 Å². The van der Waals surface area contributed by atoms with Crippen LogP contribution in [0.3, 0.4) is 0 Å². The minimum atomic E-state index is -0.477. The summed E-state index contributed by atoms with van der Waals surface area (Å²) in [6.45, 7) is 2.72. The molecule has 4 rings (SSSR count). The molecule has 27 heavy (non-hydrogen) atoms. The largest absolute Gasteiger partial charge is 0.338 e. The molecule has 1 fully saturated rings. The third kappa shape index (κ3) is 3.12. The molecule has 0 bridgehead atoms. The van der Waals surface area contributed by atoms with Gasteiger partial charge in [-0.25, -0.2) is 9.36 Å². The first-order valence-corrected chi connectivity index (χ1v) is 10.0. The lowest BCUT2D eigenvalue weighted by Crippen LogP contribution is -2.46. The van der Waals surface area contributed by atoms with Gasteiger partial charge in [-0.3, -0.25) is 14.2 Å². The molecular formula is C20H21N3O3S. The van der Waals surface area contributed by atoms with Gasteiger partial charge in [0.25, 0.3) is 5.56 Å². The summed E-state index contributed by atoms with van der Waals surface area (Å²) in [5, 5.41) is 1.78. The highest BCUT2D eigenvalue weighted by molar-refractivity contribution is 7.17. The van der Waals surface area contributed by atoms with E-state index in [0.717, 1.165) is 30.4 Å². The summed E-state index contributed by atoms with van der Waals surface area (Å²) >= 11 is 1.29. The fourth-order valence-corrected chi connectivity index (χ4v) is 4.56. The summed E-state index contributed by atoms with van der Waals surface area (Å²) in [6, 6.07) is 10.8. The number of piperidine rings is 1. The number of nitrogens with zero attached hydrogens (tertiary/aromatic N) is 3. The second kappa shape index (κ2) is 7.15. The number of fused-ring (bicyclic) bond motifs is 1. The fourth-order valence-electron chi connectivity index (χ4n) is 3.74. The predicted octanol–water partition coefficient (Wildman–Crippen LogP) is 2.61. The molecule has 1 aliphatic heterocycles. The van der Waals surface area contributed by atoms with Gasteiger partial charge in [-0.2, -0.15) is 0 Å². The Morgan fingerprint density at radius 1 is 1.15 bits per heavy atom. The smallest absolute Gasteiger partial charge is 0.336 e. The van der Waals surface area contributed by atoms with Crippen molar-refractivity contribution in [3.8, 4) is 5.69 Å². The lowest BCUT2D eigenvalue weighted by atomic mass is 10.0. The lowest BCUT2D eigenvalue weighted by Gasteiger charge is -2.33. The normalized spacial score (nSPS) is 17.4. The van der Waals surface area contributed by atoms with Crippen LogP contribution in [-0.2, 0) is 11.3 Å². The number of rotatable bonds is 3. The summed E-state index contributed by atoms with van der Waals surface area (Å²) in [5.74, 6) is -0.0740. The van der Waals surface area contributed by atoms with Gasteiger partial charge in [-0.05, 0) is 49.8 Å². The number of benzene rings is 1. The van der Waals surface area contributed by atoms with E-state index in [1.54, 1.807) is 35.7 Å². The molecule has 3 heterocycles. The van der Waals surface area contributed by atoms with E-state index in [1.165, 1.54) is 15.9 Å². The molecule has 2 aromatic heterocycles. The van der Waals surface area contributed by atoms with Gasteiger partial charge in [0, 0.05) is 12.6 Å². The summed E-state index contributed by atoms with van der Waals surface area (Å²) < 4.78 is 3.08. The molecular weight excluding hydrogens is 362 g/mol. The molecule has 7 heteroatoms. The van der Waals surface area contributed by atoms with Crippen molar-refractivity contribution in [2.75, 3.05) is 6.54 Å². The number of thiophene rings is 1. The molecule has 6 nitrogen and oxygen atoms in total. The van der Waals surface area contributed by atoms with E-state index in [1.807, 2.05) is 17.9 Å². The van der Waals surface area contributed by atoms with Gasteiger partial charge >= 0.3 is 5.69 Å². The van der Waals surface area contributed by atoms with Gasteiger partial charge in [0.1, 0.15) is 11.2 Å². The third-order valence-electron chi connectivity index (χ3n) is 5.19. The molecule has 1 amide bonds. The van der Waals surface area contributed by atoms with Crippen LogP contribution in [0.4, 0.5) is 0 Å². The molecule has 0 radical (unpaired) electrons. The highest BCUT2D eigenvalue weighted by Gasteiger charge is 2.25. The number of carbonyl (C=O) groups is 1. The van der Waals surface area contributed by atoms with Crippen molar-refractivity contribution in [3.05, 3.63) is 62.6 Å². The van der Waals surface area contributed by atoms with E-state index < -0.39 is 5.69 Å². The molecule has 1 saturated heterocycles. The SMILES string of the molecule is C[C@H]1CCCCN1C(=O)Cn1c(=O)n(-c2ccccc2)c(=O)c2sccc21. The number of likely N-dealkylation sites (tertiary alicyclic amines) is 1. The number of aromatic nitrogens is 2. The molecule has 140 valence electrons. The Balaban J connectivity index is 1.83. The summed E-state index contributed by atoms with van der Waals surface area (Å²) in [7, 11) is 0. The molecule has 0 unspecified atom stereocenters. The Morgan fingerprint density at radius 2 is 1.93 bits per heavy atom. The van der Waals surface area contributed by atoms with Crippen molar-refractivity contribution in [2.45, 2.75) is 38.8 Å². The van der Waals surface area contributed by atoms with Crippen molar-refractivity contribution in [2.24, 2.45) is 0 Å². The lowest BCUT2D eigenvalue weighted by molar-refractivity contribution is -0.135. The molecule has 1 atom stereocenters. The van der Waals surface area contributed by atoms with Gasteiger partial charge < -0.3 is 4.90 Å². The monoisotopic (exact) mass is 383 g/mol. The van der Waals surface area contributed by atoms with E-state index in [-0.39, 0.29) is 24.1 Å². The molecule has 0 N–H and O–H groups in total. The number of para-hydroxylation sites is 1. The quantitative estimate of drug-likeness (QED) is 0.698. The molecule has 1 aromatic carbocycles. The van der Waals surface area contributed by atoms with E-state index >= 15 is 0 Å². The summed E-state index contributed by atoms with van der Waals surface area (Å²) in [4.78, 5) is 40.8. The zero-order valence-electron chi connectivity index (χ0n) is 15.1. The van der Waals surface area contributed by atoms with E-state index in [4.69, 9.17) is 0 Å². The van der Waals surface area contributed by atoms with Crippen LogP contribution < -0.4 is 11.2 Å². The number of hydrogen-bond acceptors (Lipinski definition) is 4. The number of amides is 1. The first-order chi connectivity index (χ1) is 13.1. The summed E-state index contributed by atoms with van der Waals surface area (Å²) in [6.07, 6.45) is 3.10. The zero-order chi connectivity index (χ0) is 19.0. The van der Waals surface area contributed by atoms with Gasteiger partial charge in [0.05, 0.1) is 11.2 Å². The fraction of sp³-hybridized carbons (Fsp3) is 0.350. The third-order valence-corrected chi connectivity index (χ3v) is 6.08. The van der Waals surface area contributed by atoms with Crippen molar-refractivity contribution in [1.82, 2.24) is 14.0 Å². The Kier molecular flexibility index (Phi) is 4.70. The Bertz CT molecular complexity index is 1100. The van der Waals surface area contributed by atoms with Crippen LogP contribution in [0.1, 0.15) is 26.2 Å². The maximum atomic E-state index is 13.2. The topological polar surface area (TPSA) is 64.3 Å². The van der Waals surface area contributed by atoms with E-state index in [9.17, 15) is 14.4 Å². The Labute approximate surface area is 160 Å². The van der Waals surface area contributed by atoms with Gasteiger partial charge in [0.2, 0.25) is 5.91 Å².